The topological polar surface area (TPSA) is 181 Å². The summed E-state index contributed by atoms with van der Waals surface area (Å²) in [6.07, 6.45) is 5.14. The number of aromatic nitrogens is 1. The average molecular weight is 538 g/mol. The summed E-state index contributed by atoms with van der Waals surface area (Å²) in [5.41, 5.74) is 2.89. The molecule has 0 radical (unpaired) electrons. The summed E-state index contributed by atoms with van der Waals surface area (Å²) in [5.74, 6) is -3.71. The lowest BCUT2D eigenvalue weighted by atomic mass is 9.95. The second kappa shape index (κ2) is 10.6. The van der Waals surface area contributed by atoms with Crippen LogP contribution in [0.3, 0.4) is 0 Å². The van der Waals surface area contributed by atoms with Gasteiger partial charge in [0.25, 0.3) is 11.5 Å². The molecule has 0 unspecified atom stereocenters. The molecule has 1 fully saturated rings. The number of H-pyrrole nitrogens is 1. The zero-order valence-corrected chi connectivity index (χ0v) is 19.9. The van der Waals surface area contributed by atoms with E-state index in [0.717, 1.165) is 32.1 Å². The Morgan fingerprint density at radius 1 is 1.12 bits per heavy atom. The number of benzene rings is 1. The summed E-state index contributed by atoms with van der Waals surface area (Å²) < 4.78 is 11.1. The molecule has 1 aromatic heterocycles. The van der Waals surface area contributed by atoms with E-state index in [1.807, 2.05) is 0 Å². The summed E-state index contributed by atoms with van der Waals surface area (Å²) in [6.45, 7) is -0.280. The van der Waals surface area contributed by atoms with Gasteiger partial charge in [0.05, 0.1) is 7.11 Å². The van der Waals surface area contributed by atoms with Crippen molar-refractivity contribution in [2.75, 3.05) is 19.5 Å². The number of anilines is 1. The smallest absolute Gasteiger partial charge is 0.342 e. The van der Waals surface area contributed by atoms with Gasteiger partial charge >= 0.3 is 11.9 Å². The van der Waals surface area contributed by atoms with Crippen LogP contribution in [-0.2, 0) is 4.79 Å². The van der Waals surface area contributed by atoms with E-state index in [-0.39, 0.29) is 40.1 Å². The third-order valence-corrected chi connectivity index (χ3v) is 6.18. The molecule has 0 saturated heterocycles. The Kier molecular flexibility index (Phi) is 7.82. The highest BCUT2D eigenvalue weighted by Gasteiger charge is 2.29. The van der Waals surface area contributed by atoms with Crippen molar-refractivity contribution in [1.82, 2.24) is 10.3 Å². The number of pyridine rings is 1. The number of halogens is 1. The number of carbonyl (C=O) groups is 3. The predicted octanol–water partition coefficient (Wildman–Crippen LogP) is 2.62. The van der Waals surface area contributed by atoms with Crippen molar-refractivity contribution in [3.8, 4) is 22.6 Å². The van der Waals surface area contributed by atoms with Gasteiger partial charge in [-0.1, -0.05) is 35.2 Å². The van der Waals surface area contributed by atoms with Crippen LogP contribution in [0.2, 0.25) is 0 Å². The predicted molar refractivity (Wildman–Crippen MR) is 126 cm³/mol. The molecule has 1 aromatic carbocycles. The van der Waals surface area contributed by atoms with Crippen LogP contribution in [0.25, 0.3) is 11.1 Å². The molecule has 1 aliphatic carbocycles. The van der Waals surface area contributed by atoms with Crippen molar-refractivity contribution in [1.29, 1.82) is 0 Å². The molecule has 11 nitrogen and oxygen atoms in total. The summed E-state index contributed by atoms with van der Waals surface area (Å²) in [7, 11) is 1.32. The van der Waals surface area contributed by atoms with Crippen LogP contribution in [0.15, 0.2) is 21.4 Å². The summed E-state index contributed by atoms with van der Waals surface area (Å²) in [5, 5.41) is 22.2. The Bertz CT molecular complexity index is 1190. The largest absolute Gasteiger partial charge is 0.493 e. The average Bonchev–Trinajstić information content (AvgIpc) is 2.77. The first-order valence-electron chi connectivity index (χ1n) is 10.5. The van der Waals surface area contributed by atoms with E-state index in [4.69, 9.17) is 15.2 Å². The van der Waals surface area contributed by atoms with Crippen molar-refractivity contribution < 1.29 is 34.1 Å². The highest BCUT2D eigenvalue weighted by Crippen LogP contribution is 2.41. The summed E-state index contributed by atoms with van der Waals surface area (Å²) in [6, 6.07) is 2.83. The van der Waals surface area contributed by atoms with Crippen LogP contribution >= 0.6 is 15.9 Å². The Labute approximate surface area is 202 Å². The zero-order chi connectivity index (χ0) is 25.0. The normalized spacial score (nSPS) is 13.8. The number of nitrogen functional groups attached to an aromatic ring is 1. The fourth-order valence-electron chi connectivity index (χ4n) is 3.97. The van der Waals surface area contributed by atoms with Crippen LogP contribution in [-0.4, -0.2) is 52.8 Å². The molecule has 1 aliphatic rings. The van der Waals surface area contributed by atoms with Gasteiger partial charge in [-0.15, -0.1) is 0 Å². The molecule has 1 heterocycles. The third-order valence-electron chi connectivity index (χ3n) is 5.52. The van der Waals surface area contributed by atoms with Crippen LogP contribution < -0.4 is 26.1 Å². The standard InChI is InChI=1S/C22H24BrN3O8/c1-33-13-7-11(16-17(21(29)30)19(24)26-20(28)18(16)22(31)32)12(23)8-14(13)34-9-15(27)25-10-5-3-2-4-6-10/h7-8,10H,2-6,9H2,1H3,(H,25,27)(H,29,30)(H,31,32)(H3,24,26,28). The second-order valence-corrected chi connectivity index (χ2v) is 8.63. The highest BCUT2D eigenvalue weighted by atomic mass is 79.9. The monoisotopic (exact) mass is 537 g/mol. The van der Waals surface area contributed by atoms with E-state index in [1.54, 1.807) is 0 Å². The van der Waals surface area contributed by atoms with Crippen LogP contribution in [0.5, 0.6) is 11.5 Å². The van der Waals surface area contributed by atoms with Crippen molar-refractivity contribution in [3.63, 3.8) is 0 Å². The van der Waals surface area contributed by atoms with Crippen LogP contribution in [0.4, 0.5) is 5.82 Å². The molecule has 0 bridgehead atoms. The van der Waals surface area contributed by atoms with Gasteiger partial charge in [0.1, 0.15) is 16.9 Å². The van der Waals surface area contributed by atoms with Gasteiger partial charge in [-0.2, -0.15) is 0 Å². The lowest BCUT2D eigenvalue weighted by molar-refractivity contribution is -0.124. The minimum atomic E-state index is -1.63. The number of amides is 1. The molecule has 0 aliphatic heterocycles. The zero-order valence-electron chi connectivity index (χ0n) is 18.3. The highest BCUT2D eigenvalue weighted by molar-refractivity contribution is 9.10. The number of rotatable bonds is 8. The lowest BCUT2D eigenvalue weighted by Gasteiger charge is -2.23. The van der Waals surface area contributed by atoms with Crippen LogP contribution in [0.1, 0.15) is 52.8 Å². The maximum atomic E-state index is 12.3. The molecule has 2 aromatic rings. The number of carbonyl (C=O) groups excluding carboxylic acids is 1. The van der Waals surface area contributed by atoms with E-state index in [9.17, 15) is 29.4 Å². The van der Waals surface area contributed by atoms with Gasteiger partial charge in [-0.25, -0.2) is 9.59 Å². The van der Waals surface area contributed by atoms with Gasteiger partial charge in [-0.3, -0.25) is 9.59 Å². The fraction of sp³-hybridized carbons (Fsp3) is 0.364. The number of aromatic carboxylic acids is 2. The SMILES string of the molecule is COc1cc(-c2c(C(=O)O)c(N)[nH]c(=O)c2C(=O)O)c(Br)cc1OCC(=O)NC1CCCCC1. The molecule has 3 rings (SSSR count). The Morgan fingerprint density at radius 2 is 1.76 bits per heavy atom. The number of hydrogen-bond acceptors (Lipinski definition) is 7. The van der Waals surface area contributed by atoms with E-state index in [1.165, 1.54) is 19.2 Å². The minimum absolute atomic E-state index is 0.0310. The van der Waals surface area contributed by atoms with E-state index < -0.39 is 40.0 Å². The summed E-state index contributed by atoms with van der Waals surface area (Å²) in [4.78, 5) is 50.3. The summed E-state index contributed by atoms with van der Waals surface area (Å²) >= 11 is 3.27. The number of ether oxygens (including phenoxy) is 2. The maximum absolute atomic E-state index is 12.3. The molecular formula is C22H24BrN3O8. The van der Waals surface area contributed by atoms with Crippen molar-refractivity contribution in [2.24, 2.45) is 0 Å². The number of nitrogens with two attached hydrogens (primary N) is 1. The quantitative estimate of drug-likeness (QED) is 0.338. The molecule has 182 valence electrons. The van der Waals surface area contributed by atoms with Gasteiger partial charge in [0.15, 0.2) is 18.1 Å². The second-order valence-electron chi connectivity index (χ2n) is 7.78. The van der Waals surface area contributed by atoms with Gasteiger partial charge < -0.3 is 35.7 Å². The molecule has 1 amide bonds. The number of hydrogen-bond donors (Lipinski definition) is 5. The molecule has 34 heavy (non-hydrogen) atoms. The number of carboxylic acid groups (broad SMARTS) is 2. The maximum Gasteiger partial charge on any atom is 0.342 e. The lowest BCUT2D eigenvalue weighted by Crippen LogP contribution is -2.39. The minimum Gasteiger partial charge on any atom is -0.493 e. The first-order valence-corrected chi connectivity index (χ1v) is 11.3. The number of methoxy groups -OCH3 is 1. The van der Waals surface area contributed by atoms with Crippen LogP contribution in [0, 0.1) is 0 Å². The number of carboxylic acids is 2. The molecule has 0 spiro atoms. The first-order chi connectivity index (χ1) is 16.1. The Hall–Kier alpha value is -3.54. The third kappa shape index (κ3) is 5.33. The molecule has 12 heteroatoms. The van der Waals surface area contributed by atoms with Gasteiger partial charge in [-0.05, 0) is 25.0 Å². The first kappa shape index (κ1) is 25.1. The van der Waals surface area contributed by atoms with E-state index in [2.05, 4.69) is 26.2 Å². The van der Waals surface area contributed by atoms with Crippen molar-refractivity contribution in [2.45, 2.75) is 38.1 Å². The van der Waals surface area contributed by atoms with Crippen molar-refractivity contribution in [3.05, 3.63) is 38.1 Å². The van der Waals surface area contributed by atoms with Crippen molar-refractivity contribution >= 4 is 39.6 Å². The van der Waals surface area contributed by atoms with E-state index >= 15 is 0 Å². The van der Waals surface area contributed by atoms with E-state index in [0.29, 0.717) is 0 Å². The molecule has 0 atom stereocenters. The Balaban J connectivity index is 1.98. The number of aromatic amines is 1. The fourth-order valence-corrected chi connectivity index (χ4v) is 4.50. The van der Waals surface area contributed by atoms with Gasteiger partial charge in [0, 0.05) is 21.6 Å². The Morgan fingerprint density at radius 3 is 2.35 bits per heavy atom. The number of nitrogens with one attached hydrogen (secondary N) is 2. The van der Waals surface area contributed by atoms with Gasteiger partial charge in [0.2, 0.25) is 0 Å². The molecular weight excluding hydrogens is 514 g/mol. The molecule has 1 saturated carbocycles. The molecule has 6 N–H and O–H groups in total.